The number of rotatable bonds is 5. The van der Waals surface area contributed by atoms with Gasteiger partial charge in [0.2, 0.25) is 0 Å². The van der Waals surface area contributed by atoms with Crippen LogP contribution >= 0.6 is 15.9 Å². The lowest BCUT2D eigenvalue weighted by Crippen LogP contribution is -2.20. The van der Waals surface area contributed by atoms with Crippen molar-refractivity contribution in [2.75, 3.05) is 13.6 Å². The minimum absolute atomic E-state index is 0.248. The van der Waals surface area contributed by atoms with Gasteiger partial charge in [-0.25, -0.2) is 0 Å². The summed E-state index contributed by atoms with van der Waals surface area (Å²) in [6, 6.07) is 8.25. The van der Waals surface area contributed by atoms with Crippen molar-refractivity contribution in [1.29, 1.82) is 0 Å². The average Bonchev–Trinajstić information content (AvgIpc) is 2.19. The van der Waals surface area contributed by atoms with Crippen LogP contribution in [-0.4, -0.2) is 24.3 Å². The summed E-state index contributed by atoms with van der Waals surface area (Å²) in [5.74, 6) is 0.248. The third-order valence-corrected chi connectivity index (χ3v) is 2.74. The molecule has 0 spiro atoms. The maximum Gasteiger partial charge on any atom is 0.131 e. The van der Waals surface area contributed by atoms with Crippen LogP contribution in [0.25, 0.3) is 0 Å². The highest BCUT2D eigenvalue weighted by Crippen LogP contribution is 2.11. The Balaban J connectivity index is 2.40. The number of carbonyl (C=O) groups excluding carboxylic acids is 1. The lowest BCUT2D eigenvalue weighted by atomic mass is 10.2. The van der Waals surface area contributed by atoms with Gasteiger partial charge in [0.05, 0.1) is 0 Å². The summed E-state index contributed by atoms with van der Waals surface area (Å²) in [5.41, 5.74) is 1.27. The van der Waals surface area contributed by atoms with E-state index >= 15 is 0 Å². The number of Topliss-reactive ketones (excluding diaryl/α,β-unsaturated/α-hetero) is 1. The highest BCUT2D eigenvalue weighted by Gasteiger charge is 2.01. The largest absolute Gasteiger partial charge is 0.302 e. The molecule has 1 rings (SSSR count). The van der Waals surface area contributed by atoms with Crippen molar-refractivity contribution in [3.05, 3.63) is 34.3 Å². The Hall–Kier alpha value is -0.670. The van der Waals surface area contributed by atoms with Crippen molar-refractivity contribution in [1.82, 2.24) is 4.90 Å². The van der Waals surface area contributed by atoms with Crippen LogP contribution in [0.4, 0.5) is 0 Å². The average molecular weight is 270 g/mol. The van der Waals surface area contributed by atoms with Crippen molar-refractivity contribution in [3.63, 3.8) is 0 Å². The molecule has 0 aliphatic heterocycles. The van der Waals surface area contributed by atoms with E-state index in [9.17, 15) is 4.79 Å². The second-order valence-electron chi connectivity index (χ2n) is 3.82. The topological polar surface area (TPSA) is 20.3 Å². The summed E-state index contributed by atoms with van der Waals surface area (Å²) >= 11 is 3.40. The van der Waals surface area contributed by atoms with Crippen LogP contribution in [0.1, 0.15) is 18.9 Å². The van der Waals surface area contributed by atoms with Gasteiger partial charge in [0.15, 0.2) is 0 Å². The molecular weight excluding hydrogens is 254 g/mol. The van der Waals surface area contributed by atoms with Crippen LogP contribution in [0.3, 0.4) is 0 Å². The lowest BCUT2D eigenvalue weighted by Gasteiger charge is -2.15. The van der Waals surface area contributed by atoms with Crippen LogP contribution < -0.4 is 0 Å². The number of nitrogens with zero attached hydrogens (tertiary/aromatic N) is 1. The Kier molecular flexibility index (Phi) is 4.99. The SMILES string of the molecule is CC(=O)CCN(C)Cc1ccc(Br)cc1. The zero-order valence-corrected chi connectivity index (χ0v) is 10.8. The summed E-state index contributed by atoms with van der Waals surface area (Å²) in [6.07, 6.45) is 0.632. The smallest absolute Gasteiger partial charge is 0.131 e. The molecule has 0 bridgehead atoms. The number of ketones is 1. The van der Waals surface area contributed by atoms with Crippen LogP contribution in [-0.2, 0) is 11.3 Å². The van der Waals surface area contributed by atoms with E-state index < -0.39 is 0 Å². The van der Waals surface area contributed by atoms with Gasteiger partial charge in [-0.3, -0.25) is 4.79 Å². The molecule has 0 aliphatic rings. The predicted molar refractivity (Wildman–Crippen MR) is 65.8 cm³/mol. The normalized spacial score (nSPS) is 10.7. The third-order valence-electron chi connectivity index (χ3n) is 2.21. The maximum absolute atomic E-state index is 10.8. The molecule has 0 unspecified atom stereocenters. The first-order valence-electron chi connectivity index (χ1n) is 5.00. The maximum atomic E-state index is 10.8. The second kappa shape index (κ2) is 6.03. The molecule has 0 saturated heterocycles. The van der Waals surface area contributed by atoms with Crippen molar-refractivity contribution < 1.29 is 4.79 Å². The van der Waals surface area contributed by atoms with Gasteiger partial charge in [-0.15, -0.1) is 0 Å². The van der Waals surface area contributed by atoms with E-state index in [1.54, 1.807) is 6.92 Å². The Morgan fingerprint density at radius 3 is 2.47 bits per heavy atom. The number of hydrogen-bond acceptors (Lipinski definition) is 2. The minimum atomic E-state index is 0.248. The van der Waals surface area contributed by atoms with Crippen molar-refractivity contribution in [2.24, 2.45) is 0 Å². The molecule has 0 saturated carbocycles. The second-order valence-corrected chi connectivity index (χ2v) is 4.73. The summed E-state index contributed by atoms with van der Waals surface area (Å²) in [4.78, 5) is 13.0. The summed E-state index contributed by atoms with van der Waals surface area (Å²) < 4.78 is 1.10. The first kappa shape index (κ1) is 12.4. The molecule has 2 nitrogen and oxygen atoms in total. The third kappa shape index (κ3) is 5.09. The highest BCUT2D eigenvalue weighted by molar-refractivity contribution is 9.10. The van der Waals surface area contributed by atoms with Crippen LogP contribution in [0.5, 0.6) is 0 Å². The fourth-order valence-corrected chi connectivity index (χ4v) is 1.59. The molecular formula is C12H16BrNO. The van der Waals surface area contributed by atoms with Gasteiger partial charge in [-0.2, -0.15) is 0 Å². The highest BCUT2D eigenvalue weighted by atomic mass is 79.9. The van der Waals surface area contributed by atoms with Gasteiger partial charge in [-0.1, -0.05) is 28.1 Å². The predicted octanol–water partition coefficient (Wildman–Crippen LogP) is 2.86. The summed E-state index contributed by atoms with van der Waals surface area (Å²) in [7, 11) is 2.03. The molecule has 0 radical (unpaired) electrons. The van der Waals surface area contributed by atoms with Crippen molar-refractivity contribution >= 4 is 21.7 Å². The number of hydrogen-bond donors (Lipinski definition) is 0. The Bertz CT molecular complexity index is 321. The zero-order valence-electron chi connectivity index (χ0n) is 9.16. The monoisotopic (exact) mass is 269 g/mol. The van der Waals surface area contributed by atoms with E-state index in [0.717, 1.165) is 17.6 Å². The van der Waals surface area contributed by atoms with Gasteiger partial charge >= 0.3 is 0 Å². The van der Waals surface area contributed by atoms with Crippen LogP contribution in [0, 0.1) is 0 Å². The first-order valence-corrected chi connectivity index (χ1v) is 5.79. The van der Waals surface area contributed by atoms with E-state index in [1.165, 1.54) is 5.56 Å². The zero-order chi connectivity index (χ0) is 11.3. The molecule has 82 valence electrons. The fourth-order valence-electron chi connectivity index (χ4n) is 1.33. The number of carbonyl (C=O) groups is 1. The summed E-state index contributed by atoms with van der Waals surface area (Å²) in [5, 5.41) is 0. The Labute approximate surface area is 99.4 Å². The Morgan fingerprint density at radius 1 is 1.33 bits per heavy atom. The van der Waals surface area contributed by atoms with E-state index in [0.29, 0.717) is 6.42 Å². The van der Waals surface area contributed by atoms with E-state index in [4.69, 9.17) is 0 Å². The molecule has 3 heteroatoms. The van der Waals surface area contributed by atoms with Gasteiger partial charge < -0.3 is 4.90 Å². The molecule has 0 atom stereocenters. The quantitative estimate of drug-likeness (QED) is 0.820. The van der Waals surface area contributed by atoms with E-state index in [2.05, 4.69) is 33.0 Å². The number of benzene rings is 1. The van der Waals surface area contributed by atoms with Gasteiger partial charge in [0, 0.05) is 24.0 Å². The molecule has 0 fully saturated rings. The molecule has 15 heavy (non-hydrogen) atoms. The van der Waals surface area contributed by atoms with Crippen LogP contribution in [0.2, 0.25) is 0 Å². The lowest BCUT2D eigenvalue weighted by molar-refractivity contribution is -0.117. The van der Waals surface area contributed by atoms with E-state index in [-0.39, 0.29) is 5.78 Å². The number of halogens is 1. The van der Waals surface area contributed by atoms with Gasteiger partial charge in [0.25, 0.3) is 0 Å². The van der Waals surface area contributed by atoms with E-state index in [1.807, 2.05) is 19.2 Å². The first-order chi connectivity index (χ1) is 7.08. The van der Waals surface area contributed by atoms with Gasteiger partial charge in [-0.05, 0) is 31.7 Å². The molecule has 0 heterocycles. The van der Waals surface area contributed by atoms with Crippen LogP contribution in [0.15, 0.2) is 28.7 Å². The Morgan fingerprint density at radius 2 is 1.93 bits per heavy atom. The molecule has 1 aromatic rings. The molecule has 0 aliphatic carbocycles. The minimum Gasteiger partial charge on any atom is -0.302 e. The fraction of sp³-hybridized carbons (Fsp3) is 0.417. The van der Waals surface area contributed by atoms with Crippen molar-refractivity contribution in [2.45, 2.75) is 19.9 Å². The molecule has 0 N–H and O–H groups in total. The molecule has 1 aromatic carbocycles. The van der Waals surface area contributed by atoms with Gasteiger partial charge in [0.1, 0.15) is 5.78 Å². The summed E-state index contributed by atoms with van der Waals surface area (Å²) in [6.45, 7) is 3.35. The molecule has 0 aromatic heterocycles. The molecule has 0 amide bonds. The van der Waals surface area contributed by atoms with Crippen molar-refractivity contribution in [3.8, 4) is 0 Å². The standard InChI is InChI=1S/C12H16BrNO/c1-10(15)7-8-14(2)9-11-3-5-12(13)6-4-11/h3-6H,7-9H2,1-2H3.